The number of rotatable bonds is 3. The molecule has 4 nitrogen and oxygen atoms in total. The summed E-state index contributed by atoms with van der Waals surface area (Å²) >= 11 is 3.54. The second kappa shape index (κ2) is 5.50. The minimum atomic E-state index is -0.243. The normalized spacial score (nSPS) is 12.7. The molecule has 2 aromatic carbocycles. The number of aromatic amines is 2. The Kier molecular flexibility index (Phi) is 3.69. The molecular weight excluding hydrogens is 330 g/mol. The van der Waals surface area contributed by atoms with E-state index in [2.05, 4.69) is 57.1 Å². The van der Waals surface area contributed by atoms with Crippen molar-refractivity contribution in [2.45, 2.75) is 19.4 Å². The molecule has 3 aromatic rings. The van der Waals surface area contributed by atoms with Crippen molar-refractivity contribution < 1.29 is 0 Å². The summed E-state index contributed by atoms with van der Waals surface area (Å²) in [4.78, 5) is 16.9. The van der Waals surface area contributed by atoms with E-state index in [0.29, 0.717) is 0 Å². The van der Waals surface area contributed by atoms with Crippen LogP contribution < -0.4 is 11.4 Å². The molecule has 0 radical (unpaired) electrons. The van der Waals surface area contributed by atoms with Gasteiger partial charge in [0.2, 0.25) is 0 Å². The Bertz CT molecular complexity index is 833. The molecule has 0 aliphatic carbocycles. The van der Waals surface area contributed by atoms with Gasteiger partial charge in [0, 0.05) is 4.47 Å². The van der Waals surface area contributed by atoms with Crippen molar-refractivity contribution in [2.24, 2.45) is 5.73 Å². The van der Waals surface area contributed by atoms with Gasteiger partial charge in [0.15, 0.2) is 0 Å². The molecule has 0 saturated carbocycles. The smallest absolute Gasteiger partial charge is 0.320 e. The lowest BCUT2D eigenvalue weighted by Gasteiger charge is -2.15. The van der Waals surface area contributed by atoms with Gasteiger partial charge in [-0.1, -0.05) is 47.1 Å². The van der Waals surface area contributed by atoms with Gasteiger partial charge >= 0.3 is 5.69 Å². The van der Waals surface area contributed by atoms with Gasteiger partial charge in [-0.3, -0.25) is 0 Å². The average Bonchev–Trinajstić information content (AvgIpc) is 2.85. The third kappa shape index (κ3) is 2.66. The van der Waals surface area contributed by atoms with E-state index in [1.807, 2.05) is 12.1 Å². The van der Waals surface area contributed by atoms with Crippen molar-refractivity contribution in [2.75, 3.05) is 0 Å². The van der Waals surface area contributed by atoms with Crippen LogP contribution in [0.4, 0.5) is 0 Å². The number of hydrogen-bond acceptors (Lipinski definition) is 2. The number of fused-ring (bicyclic) bond motifs is 1. The Morgan fingerprint density at radius 3 is 2.38 bits per heavy atom. The molecule has 1 heterocycles. The molecule has 108 valence electrons. The first-order valence-corrected chi connectivity index (χ1v) is 7.63. The Morgan fingerprint density at radius 1 is 1.14 bits per heavy atom. The minimum Gasteiger partial charge on any atom is -0.320 e. The van der Waals surface area contributed by atoms with E-state index in [1.54, 1.807) is 0 Å². The molecule has 21 heavy (non-hydrogen) atoms. The van der Waals surface area contributed by atoms with Gasteiger partial charge in [-0.25, -0.2) is 4.79 Å². The molecule has 3 rings (SSSR count). The lowest BCUT2D eigenvalue weighted by Crippen LogP contribution is -2.12. The molecule has 5 heteroatoms. The van der Waals surface area contributed by atoms with E-state index in [9.17, 15) is 4.79 Å². The Hall–Kier alpha value is -1.85. The van der Waals surface area contributed by atoms with Gasteiger partial charge in [-0.2, -0.15) is 0 Å². The fraction of sp³-hybridized carbons (Fsp3) is 0.188. The maximum Gasteiger partial charge on any atom is 0.323 e. The van der Waals surface area contributed by atoms with E-state index in [0.717, 1.165) is 33.1 Å². The highest BCUT2D eigenvalue weighted by atomic mass is 79.9. The highest BCUT2D eigenvalue weighted by molar-refractivity contribution is 9.10. The van der Waals surface area contributed by atoms with Crippen LogP contribution in [0.1, 0.15) is 29.7 Å². The Balaban J connectivity index is 2.04. The number of nitrogens with one attached hydrogen (secondary N) is 2. The summed E-state index contributed by atoms with van der Waals surface area (Å²) in [6.07, 6.45) is 1.01. The quantitative estimate of drug-likeness (QED) is 0.681. The highest BCUT2D eigenvalue weighted by Gasteiger charge is 2.14. The van der Waals surface area contributed by atoms with E-state index in [4.69, 9.17) is 5.73 Å². The Morgan fingerprint density at radius 2 is 1.76 bits per heavy atom. The van der Waals surface area contributed by atoms with E-state index >= 15 is 0 Å². The molecule has 4 N–H and O–H groups in total. The van der Waals surface area contributed by atoms with E-state index < -0.39 is 0 Å². The van der Waals surface area contributed by atoms with Gasteiger partial charge < -0.3 is 15.7 Å². The first-order chi connectivity index (χ1) is 10.1. The molecule has 0 amide bonds. The maximum atomic E-state index is 11.4. The number of imidazole rings is 1. The molecule has 0 saturated heterocycles. The summed E-state index contributed by atoms with van der Waals surface area (Å²) in [7, 11) is 0. The second-order valence-corrected chi connectivity index (χ2v) is 5.93. The summed E-state index contributed by atoms with van der Waals surface area (Å²) in [6.45, 7) is 2.13. The lowest BCUT2D eigenvalue weighted by atomic mass is 9.98. The molecule has 0 aliphatic heterocycles. The van der Waals surface area contributed by atoms with Crippen molar-refractivity contribution in [1.29, 1.82) is 0 Å². The molecule has 0 spiro atoms. The molecule has 0 aliphatic rings. The molecule has 1 unspecified atom stereocenters. The summed E-state index contributed by atoms with van der Waals surface area (Å²) in [6, 6.07) is 11.9. The monoisotopic (exact) mass is 345 g/mol. The van der Waals surface area contributed by atoms with Gasteiger partial charge in [-0.15, -0.1) is 0 Å². The first-order valence-electron chi connectivity index (χ1n) is 6.84. The minimum absolute atomic E-state index is 0.213. The van der Waals surface area contributed by atoms with Crippen LogP contribution in [0.3, 0.4) is 0 Å². The standard InChI is InChI=1S/C16H16BrN3O/c1-2-9-3-5-10(6-4-9)15(18)11-7-13-14(8-12(11)17)20-16(21)19-13/h3-8,15H,2,18H2,1H3,(H2,19,20,21). The fourth-order valence-corrected chi connectivity index (χ4v) is 3.04. The van der Waals surface area contributed by atoms with Crippen LogP contribution in [0.15, 0.2) is 45.7 Å². The molecule has 1 atom stereocenters. The van der Waals surface area contributed by atoms with Crippen molar-refractivity contribution in [3.05, 3.63) is 68.0 Å². The average molecular weight is 346 g/mol. The third-order valence-corrected chi connectivity index (χ3v) is 4.40. The van der Waals surface area contributed by atoms with Crippen LogP contribution in [-0.2, 0) is 6.42 Å². The number of aromatic nitrogens is 2. The Labute approximate surface area is 130 Å². The summed E-state index contributed by atoms with van der Waals surface area (Å²) in [5.74, 6) is 0. The number of benzene rings is 2. The largest absolute Gasteiger partial charge is 0.323 e. The lowest BCUT2D eigenvalue weighted by molar-refractivity contribution is 0.866. The van der Waals surface area contributed by atoms with Crippen LogP contribution in [0, 0.1) is 0 Å². The van der Waals surface area contributed by atoms with Crippen LogP contribution in [0.5, 0.6) is 0 Å². The molecule has 0 bridgehead atoms. The predicted octanol–water partition coefficient (Wildman–Crippen LogP) is 3.23. The van der Waals surface area contributed by atoms with Crippen LogP contribution in [0.2, 0.25) is 0 Å². The van der Waals surface area contributed by atoms with Gasteiger partial charge in [0.1, 0.15) is 0 Å². The van der Waals surface area contributed by atoms with E-state index in [-0.39, 0.29) is 11.7 Å². The molecular formula is C16H16BrN3O. The van der Waals surface area contributed by atoms with Crippen LogP contribution in [0.25, 0.3) is 11.0 Å². The first kappa shape index (κ1) is 14.1. The molecule has 0 fully saturated rings. The topological polar surface area (TPSA) is 74.7 Å². The van der Waals surface area contributed by atoms with Crippen molar-refractivity contribution in [1.82, 2.24) is 9.97 Å². The zero-order chi connectivity index (χ0) is 15.0. The fourth-order valence-electron chi connectivity index (χ4n) is 2.45. The number of nitrogens with two attached hydrogens (primary N) is 1. The number of aryl methyl sites for hydroxylation is 1. The van der Waals surface area contributed by atoms with Gasteiger partial charge in [0.25, 0.3) is 0 Å². The highest BCUT2D eigenvalue weighted by Crippen LogP contribution is 2.29. The summed E-state index contributed by atoms with van der Waals surface area (Å²) in [5.41, 5.74) is 11.0. The number of H-pyrrole nitrogens is 2. The second-order valence-electron chi connectivity index (χ2n) is 5.07. The SMILES string of the molecule is CCc1ccc(C(N)c2cc3[nH]c(=O)[nH]c3cc2Br)cc1. The number of hydrogen-bond donors (Lipinski definition) is 3. The van der Waals surface area contributed by atoms with Crippen molar-refractivity contribution >= 4 is 27.0 Å². The zero-order valence-electron chi connectivity index (χ0n) is 11.6. The summed E-state index contributed by atoms with van der Waals surface area (Å²) in [5, 5.41) is 0. The van der Waals surface area contributed by atoms with Crippen molar-refractivity contribution in [3.8, 4) is 0 Å². The molecule has 1 aromatic heterocycles. The van der Waals surface area contributed by atoms with E-state index in [1.165, 1.54) is 5.56 Å². The van der Waals surface area contributed by atoms with Gasteiger partial charge in [0.05, 0.1) is 17.1 Å². The van der Waals surface area contributed by atoms with Crippen molar-refractivity contribution in [3.63, 3.8) is 0 Å². The summed E-state index contributed by atoms with van der Waals surface area (Å²) < 4.78 is 0.886. The van der Waals surface area contributed by atoms with Crippen LogP contribution in [-0.4, -0.2) is 9.97 Å². The third-order valence-electron chi connectivity index (χ3n) is 3.72. The zero-order valence-corrected chi connectivity index (χ0v) is 13.2. The van der Waals surface area contributed by atoms with Crippen LogP contribution >= 0.6 is 15.9 Å². The maximum absolute atomic E-state index is 11.4. The van der Waals surface area contributed by atoms with Gasteiger partial charge in [-0.05, 0) is 35.2 Å². The number of halogens is 1. The predicted molar refractivity (Wildman–Crippen MR) is 88.5 cm³/mol.